The third-order valence-corrected chi connectivity index (χ3v) is 3.31. The first kappa shape index (κ1) is 11.9. The number of hydrogen-bond donors (Lipinski definition) is 0. The molecular weight excluding hydrogens is 272 g/mol. The smallest absolute Gasteiger partial charge is 0.0591 e. The van der Waals surface area contributed by atoms with Crippen LogP contribution in [0.3, 0.4) is 0 Å². The van der Waals surface area contributed by atoms with Crippen LogP contribution in [0.15, 0.2) is 0 Å². The van der Waals surface area contributed by atoms with Gasteiger partial charge in [-0.05, 0) is 12.8 Å². The summed E-state index contributed by atoms with van der Waals surface area (Å²) in [6, 6.07) is 0. The van der Waals surface area contributed by atoms with E-state index in [-0.39, 0.29) is 0 Å². The summed E-state index contributed by atoms with van der Waals surface area (Å²) in [4.78, 5) is 1.03. The molecule has 2 unspecified atom stereocenters. The van der Waals surface area contributed by atoms with Crippen LogP contribution in [0, 0.1) is 0 Å². The van der Waals surface area contributed by atoms with E-state index in [2.05, 4.69) is 45.7 Å². The van der Waals surface area contributed by atoms with Crippen LogP contribution in [0.25, 0.3) is 0 Å². The van der Waals surface area contributed by atoms with Crippen molar-refractivity contribution in [1.29, 1.82) is 0 Å². The van der Waals surface area contributed by atoms with Gasteiger partial charge in [0.05, 0.1) is 13.2 Å². The summed E-state index contributed by atoms with van der Waals surface area (Å²) in [5, 5.41) is 0. The maximum absolute atomic E-state index is 5.45. The summed E-state index contributed by atoms with van der Waals surface area (Å²) >= 11 is 7.02. The minimum Gasteiger partial charge on any atom is -0.379 e. The van der Waals surface area contributed by atoms with Gasteiger partial charge in [-0.3, -0.25) is 0 Å². The van der Waals surface area contributed by atoms with Gasteiger partial charge in [0, 0.05) is 9.65 Å². The quantitative estimate of drug-likeness (QED) is 0.681. The summed E-state index contributed by atoms with van der Waals surface area (Å²) in [5.74, 6) is 0. The predicted molar refractivity (Wildman–Crippen MR) is 56.8 cm³/mol. The Kier molecular flexibility index (Phi) is 8.20. The van der Waals surface area contributed by atoms with Crippen LogP contribution in [0.4, 0.5) is 0 Å². The summed E-state index contributed by atoms with van der Waals surface area (Å²) in [6.45, 7) is 5.93. The highest BCUT2D eigenvalue weighted by atomic mass is 79.9. The highest BCUT2D eigenvalue weighted by Crippen LogP contribution is 2.08. The zero-order valence-electron chi connectivity index (χ0n) is 7.15. The highest BCUT2D eigenvalue weighted by molar-refractivity contribution is 9.09. The Hall–Kier alpha value is 0.920. The van der Waals surface area contributed by atoms with Crippen molar-refractivity contribution >= 4 is 31.9 Å². The lowest BCUT2D eigenvalue weighted by Gasteiger charge is -2.10. The van der Waals surface area contributed by atoms with Crippen LogP contribution in [-0.4, -0.2) is 22.9 Å². The lowest BCUT2D eigenvalue weighted by molar-refractivity contribution is 0.137. The van der Waals surface area contributed by atoms with Crippen molar-refractivity contribution in [3.63, 3.8) is 0 Å². The van der Waals surface area contributed by atoms with Crippen LogP contribution < -0.4 is 0 Å². The van der Waals surface area contributed by atoms with E-state index in [1.165, 1.54) is 0 Å². The fourth-order valence-electron chi connectivity index (χ4n) is 0.559. The molecule has 0 amide bonds. The molecule has 0 aromatic rings. The van der Waals surface area contributed by atoms with Gasteiger partial charge in [-0.25, -0.2) is 0 Å². The van der Waals surface area contributed by atoms with Gasteiger partial charge in [0.2, 0.25) is 0 Å². The number of rotatable bonds is 6. The monoisotopic (exact) mass is 286 g/mol. The van der Waals surface area contributed by atoms with Gasteiger partial charge in [-0.1, -0.05) is 45.7 Å². The van der Waals surface area contributed by atoms with Gasteiger partial charge in [0.25, 0.3) is 0 Å². The molecule has 0 fully saturated rings. The molecule has 0 spiro atoms. The molecule has 1 nitrogen and oxygen atoms in total. The molecule has 0 bridgehead atoms. The maximum atomic E-state index is 5.45. The zero-order valence-corrected chi connectivity index (χ0v) is 10.3. The van der Waals surface area contributed by atoms with Gasteiger partial charge in [0.1, 0.15) is 0 Å². The molecule has 0 aromatic carbocycles. The molecule has 2 atom stereocenters. The molecule has 0 saturated heterocycles. The van der Waals surface area contributed by atoms with E-state index in [0.29, 0.717) is 9.65 Å². The summed E-state index contributed by atoms with van der Waals surface area (Å²) in [6.07, 6.45) is 2.25. The Morgan fingerprint density at radius 3 is 1.64 bits per heavy atom. The summed E-state index contributed by atoms with van der Waals surface area (Å²) < 4.78 is 5.45. The Bertz CT molecular complexity index is 78.2. The van der Waals surface area contributed by atoms with Crippen LogP contribution in [0.2, 0.25) is 0 Å². The van der Waals surface area contributed by atoms with Gasteiger partial charge in [0.15, 0.2) is 0 Å². The third kappa shape index (κ3) is 7.29. The van der Waals surface area contributed by atoms with Crippen LogP contribution in [0.5, 0.6) is 0 Å². The van der Waals surface area contributed by atoms with Crippen molar-refractivity contribution in [2.75, 3.05) is 13.2 Å². The summed E-state index contributed by atoms with van der Waals surface area (Å²) in [7, 11) is 0. The molecule has 0 aliphatic carbocycles. The second-order valence-corrected chi connectivity index (χ2v) is 5.14. The van der Waals surface area contributed by atoms with Crippen molar-refractivity contribution < 1.29 is 4.74 Å². The standard InChI is InChI=1S/C8H16Br2O/c1-3-7(9)5-11-6-8(10)4-2/h7-8H,3-6H2,1-2H3. The van der Waals surface area contributed by atoms with E-state index >= 15 is 0 Å². The van der Waals surface area contributed by atoms with Gasteiger partial charge in [-0.2, -0.15) is 0 Å². The van der Waals surface area contributed by atoms with E-state index in [1.807, 2.05) is 0 Å². The topological polar surface area (TPSA) is 9.23 Å². The highest BCUT2D eigenvalue weighted by Gasteiger charge is 2.03. The first-order chi connectivity index (χ1) is 5.20. The van der Waals surface area contributed by atoms with Crippen molar-refractivity contribution in [1.82, 2.24) is 0 Å². The van der Waals surface area contributed by atoms with Gasteiger partial charge < -0.3 is 4.74 Å². The van der Waals surface area contributed by atoms with Crippen molar-refractivity contribution in [2.24, 2.45) is 0 Å². The lowest BCUT2D eigenvalue weighted by Crippen LogP contribution is -2.13. The Morgan fingerprint density at radius 1 is 1.00 bits per heavy atom. The first-order valence-corrected chi connectivity index (χ1v) is 5.89. The Labute approximate surface area is 86.1 Å². The van der Waals surface area contributed by atoms with Crippen molar-refractivity contribution in [2.45, 2.75) is 36.3 Å². The first-order valence-electron chi connectivity index (χ1n) is 4.06. The molecule has 0 rings (SSSR count). The Morgan fingerprint density at radius 2 is 1.36 bits per heavy atom. The molecule has 0 aliphatic heterocycles. The van der Waals surface area contributed by atoms with E-state index < -0.39 is 0 Å². The number of halogens is 2. The molecule has 68 valence electrons. The van der Waals surface area contributed by atoms with Crippen LogP contribution in [-0.2, 0) is 4.74 Å². The number of ether oxygens (including phenoxy) is 1. The minimum atomic E-state index is 0.513. The molecule has 3 heteroatoms. The van der Waals surface area contributed by atoms with Crippen LogP contribution >= 0.6 is 31.9 Å². The van der Waals surface area contributed by atoms with Crippen molar-refractivity contribution in [3.05, 3.63) is 0 Å². The molecular formula is C8H16Br2O. The van der Waals surface area contributed by atoms with E-state index in [1.54, 1.807) is 0 Å². The third-order valence-electron chi connectivity index (χ3n) is 1.48. The largest absolute Gasteiger partial charge is 0.379 e. The SMILES string of the molecule is CCC(Br)COCC(Br)CC. The Balaban J connectivity index is 3.13. The molecule has 0 radical (unpaired) electrons. The van der Waals surface area contributed by atoms with Crippen LogP contribution in [0.1, 0.15) is 26.7 Å². The molecule has 0 N–H and O–H groups in total. The zero-order chi connectivity index (χ0) is 8.69. The van der Waals surface area contributed by atoms with Gasteiger partial charge in [-0.15, -0.1) is 0 Å². The normalized spacial score (nSPS) is 16.4. The number of hydrogen-bond acceptors (Lipinski definition) is 1. The lowest BCUT2D eigenvalue weighted by atomic mass is 10.3. The van der Waals surface area contributed by atoms with Crippen molar-refractivity contribution in [3.8, 4) is 0 Å². The number of alkyl halides is 2. The molecule has 0 aliphatic rings. The van der Waals surface area contributed by atoms with Gasteiger partial charge >= 0.3 is 0 Å². The second-order valence-electron chi connectivity index (χ2n) is 2.55. The molecule has 0 heterocycles. The molecule has 11 heavy (non-hydrogen) atoms. The second kappa shape index (κ2) is 7.56. The molecule has 0 saturated carbocycles. The predicted octanol–water partition coefficient (Wildman–Crippen LogP) is 3.35. The average molecular weight is 288 g/mol. The van der Waals surface area contributed by atoms with E-state index in [0.717, 1.165) is 26.1 Å². The summed E-state index contributed by atoms with van der Waals surface area (Å²) in [5.41, 5.74) is 0. The van der Waals surface area contributed by atoms with E-state index in [9.17, 15) is 0 Å². The maximum Gasteiger partial charge on any atom is 0.0591 e. The molecule has 0 aromatic heterocycles. The fourth-order valence-corrected chi connectivity index (χ4v) is 0.933. The minimum absolute atomic E-state index is 0.513. The fraction of sp³-hybridized carbons (Fsp3) is 1.00. The average Bonchev–Trinajstić information content (AvgIpc) is 2.04. The van der Waals surface area contributed by atoms with E-state index in [4.69, 9.17) is 4.74 Å².